The molecule has 0 saturated heterocycles. The quantitative estimate of drug-likeness (QED) is 0.642. The first kappa shape index (κ1) is 15.2. The molecule has 1 aromatic rings. The van der Waals surface area contributed by atoms with Crippen molar-refractivity contribution in [3.05, 3.63) is 65.4 Å². The first-order chi connectivity index (χ1) is 8.99. The monoisotopic (exact) mass is 253 g/mol. The molecule has 0 aliphatic heterocycles. The van der Waals surface area contributed by atoms with E-state index in [1.807, 2.05) is 33.8 Å². The maximum absolute atomic E-state index is 4.67. The summed E-state index contributed by atoms with van der Waals surface area (Å²) >= 11 is 0. The van der Waals surface area contributed by atoms with E-state index in [9.17, 15) is 0 Å². The molecule has 1 rings (SSSR count). The summed E-state index contributed by atoms with van der Waals surface area (Å²) in [5.41, 5.74) is 6.52. The Kier molecular flexibility index (Phi) is 5.50. The average molecular weight is 253 g/mol. The highest BCUT2D eigenvalue weighted by Crippen LogP contribution is 2.21. The lowest BCUT2D eigenvalue weighted by molar-refractivity contribution is 1.28. The van der Waals surface area contributed by atoms with E-state index in [0.717, 1.165) is 22.6 Å². The number of rotatable bonds is 4. The molecule has 100 valence electrons. The summed E-state index contributed by atoms with van der Waals surface area (Å²) in [5, 5.41) is 0. The fourth-order valence-corrected chi connectivity index (χ4v) is 1.80. The van der Waals surface area contributed by atoms with Crippen LogP contribution in [0.15, 0.2) is 59.3 Å². The average Bonchev–Trinajstić information content (AvgIpc) is 2.39. The Morgan fingerprint density at radius 3 is 2.05 bits per heavy atom. The highest BCUT2D eigenvalue weighted by atomic mass is 14.8. The molecule has 1 aromatic carbocycles. The summed E-state index contributed by atoms with van der Waals surface area (Å²) in [6, 6.07) is 8.51. The second kappa shape index (κ2) is 6.89. The Morgan fingerprint density at radius 2 is 1.63 bits per heavy atom. The Bertz CT molecular complexity index is 540. The van der Waals surface area contributed by atoms with Gasteiger partial charge in [0.25, 0.3) is 0 Å². The van der Waals surface area contributed by atoms with Crippen LogP contribution in [0.5, 0.6) is 0 Å². The first-order valence-corrected chi connectivity index (χ1v) is 6.60. The molecule has 0 aliphatic carbocycles. The van der Waals surface area contributed by atoms with E-state index in [1.54, 1.807) is 0 Å². The van der Waals surface area contributed by atoms with E-state index in [1.165, 1.54) is 11.1 Å². The standard InChI is InChI=1S/C18H23N/c1-7-15(6)19-18(13(3)4)17(8-2)16-11-9-14(5)10-12-16/h7-12H,3H2,1-2,4-6H3/b15-7-,17-8-,19-18-. The smallest absolute Gasteiger partial charge is 0.0730 e. The predicted octanol–water partition coefficient (Wildman–Crippen LogP) is 5.34. The van der Waals surface area contributed by atoms with Crippen LogP contribution in [-0.4, -0.2) is 5.71 Å². The fraction of sp³-hybridized carbons (Fsp3) is 0.278. The topological polar surface area (TPSA) is 12.4 Å². The van der Waals surface area contributed by atoms with Crippen molar-refractivity contribution in [1.82, 2.24) is 0 Å². The van der Waals surface area contributed by atoms with Crippen LogP contribution in [0.25, 0.3) is 5.57 Å². The minimum Gasteiger partial charge on any atom is -0.253 e. The van der Waals surface area contributed by atoms with E-state index >= 15 is 0 Å². The van der Waals surface area contributed by atoms with E-state index in [0.29, 0.717) is 0 Å². The van der Waals surface area contributed by atoms with Gasteiger partial charge in [0, 0.05) is 11.3 Å². The van der Waals surface area contributed by atoms with Gasteiger partial charge in [-0.2, -0.15) is 0 Å². The van der Waals surface area contributed by atoms with Crippen molar-refractivity contribution in [2.24, 2.45) is 4.99 Å². The minimum atomic E-state index is 0.960. The summed E-state index contributed by atoms with van der Waals surface area (Å²) in [7, 11) is 0. The molecular weight excluding hydrogens is 230 g/mol. The Hall–Kier alpha value is -1.89. The highest BCUT2D eigenvalue weighted by Gasteiger charge is 2.10. The number of hydrogen-bond acceptors (Lipinski definition) is 1. The molecule has 0 heterocycles. The van der Waals surface area contributed by atoms with Crippen molar-refractivity contribution in [1.29, 1.82) is 0 Å². The lowest BCUT2D eigenvalue weighted by Gasteiger charge is -2.12. The van der Waals surface area contributed by atoms with Gasteiger partial charge in [0.15, 0.2) is 0 Å². The normalized spacial score (nSPS) is 13.6. The molecule has 0 bridgehead atoms. The van der Waals surface area contributed by atoms with Crippen LogP contribution in [-0.2, 0) is 0 Å². The van der Waals surface area contributed by atoms with E-state index in [-0.39, 0.29) is 0 Å². The van der Waals surface area contributed by atoms with Crippen LogP contribution in [0, 0.1) is 6.92 Å². The molecule has 1 nitrogen and oxygen atoms in total. The summed E-state index contributed by atoms with van der Waals surface area (Å²) in [5.74, 6) is 0. The predicted molar refractivity (Wildman–Crippen MR) is 86.5 cm³/mol. The van der Waals surface area contributed by atoms with Crippen molar-refractivity contribution in [2.45, 2.75) is 34.6 Å². The molecule has 0 unspecified atom stereocenters. The van der Waals surface area contributed by atoms with Crippen LogP contribution in [0.4, 0.5) is 0 Å². The van der Waals surface area contributed by atoms with Gasteiger partial charge in [-0.25, -0.2) is 0 Å². The summed E-state index contributed by atoms with van der Waals surface area (Å²) in [4.78, 5) is 4.67. The number of hydrogen-bond donors (Lipinski definition) is 0. The Balaban J connectivity index is 3.31. The molecule has 0 radical (unpaired) electrons. The van der Waals surface area contributed by atoms with Crippen LogP contribution >= 0.6 is 0 Å². The molecule has 0 aromatic heterocycles. The maximum atomic E-state index is 4.67. The third-order valence-corrected chi connectivity index (χ3v) is 3.02. The second-order valence-electron chi connectivity index (χ2n) is 4.74. The number of aryl methyl sites for hydroxylation is 1. The van der Waals surface area contributed by atoms with Crippen molar-refractivity contribution in [2.75, 3.05) is 0 Å². The zero-order valence-corrected chi connectivity index (χ0v) is 12.6. The van der Waals surface area contributed by atoms with Gasteiger partial charge in [0.1, 0.15) is 0 Å². The number of nitrogens with zero attached hydrogens (tertiary/aromatic N) is 1. The molecule has 0 fully saturated rings. The lowest BCUT2D eigenvalue weighted by atomic mass is 9.96. The van der Waals surface area contributed by atoms with Crippen molar-refractivity contribution < 1.29 is 0 Å². The van der Waals surface area contributed by atoms with Crippen LogP contribution in [0.1, 0.15) is 38.8 Å². The zero-order valence-electron chi connectivity index (χ0n) is 12.6. The summed E-state index contributed by atoms with van der Waals surface area (Å²) in [6.45, 7) is 14.2. The molecule has 0 atom stereocenters. The summed E-state index contributed by atoms with van der Waals surface area (Å²) < 4.78 is 0. The van der Waals surface area contributed by atoms with Crippen molar-refractivity contribution in [3.63, 3.8) is 0 Å². The van der Waals surface area contributed by atoms with Gasteiger partial charge in [0.05, 0.1) is 5.71 Å². The molecule has 1 heteroatoms. The maximum Gasteiger partial charge on any atom is 0.0730 e. The molecule has 19 heavy (non-hydrogen) atoms. The number of aliphatic imine (C=N–C) groups is 1. The fourth-order valence-electron chi connectivity index (χ4n) is 1.80. The van der Waals surface area contributed by atoms with E-state index in [2.05, 4.69) is 48.8 Å². The molecule has 0 amide bonds. The SMILES string of the molecule is C=C(C)C(=N/C(C)=C\C)/C(=C\C)c1ccc(C)cc1. The summed E-state index contributed by atoms with van der Waals surface area (Å²) in [6.07, 6.45) is 4.10. The van der Waals surface area contributed by atoms with E-state index in [4.69, 9.17) is 0 Å². The third-order valence-electron chi connectivity index (χ3n) is 3.02. The largest absolute Gasteiger partial charge is 0.253 e. The van der Waals surface area contributed by atoms with Gasteiger partial charge < -0.3 is 0 Å². The van der Waals surface area contributed by atoms with Gasteiger partial charge in [-0.3, -0.25) is 4.99 Å². The minimum absolute atomic E-state index is 0.960. The zero-order chi connectivity index (χ0) is 14.4. The van der Waals surface area contributed by atoms with Gasteiger partial charge in [-0.05, 0) is 45.8 Å². The van der Waals surface area contributed by atoms with Crippen molar-refractivity contribution >= 4 is 11.3 Å². The van der Waals surface area contributed by atoms with Gasteiger partial charge >= 0.3 is 0 Å². The Labute approximate surface area is 117 Å². The van der Waals surface area contributed by atoms with Gasteiger partial charge in [-0.1, -0.05) is 48.6 Å². The Morgan fingerprint density at radius 1 is 1.05 bits per heavy atom. The van der Waals surface area contributed by atoms with Gasteiger partial charge in [0.2, 0.25) is 0 Å². The van der Waals surface area contributed by atoms with E-state index < -0.39 is 0 Å². The highest BCUT2D eigenvalue weighted by molar-refractivity contribution is 6.31. The van der Waals surface area contributed by atoms with Crippen molar-refractivity contribution in [3.8, 4) is 0 Å². The number of benzene rings is 1. The number of allylic oxidation sites excluding steroid dienone is 5. The molecule has 0 aliphatic rings. The molecule has 0 saturated carbocycles. The molecule has 0 spiro atoms. The van der Waals surface area contributed by atoms with Crippen LogP contribution < -0.4 is 0 Å². The van der Waals surface area contributed by atoms with Crippen LogP contribution in [0.2, 0.25) is 0 Å². The lowest BCUT2D eigenvalue weighted by Crippen LogP contribution is -2.04. The molecular formula is C18H23N. The second-order valence-corrected chi connectivity index (χ2v) is 4.74. The van der Waals surface area contributed by atoms with Gasteiger partial charge in [-0.15, -0.1) is 0 Å². The molecule has 0 N–H and O–H groups in total. The van der Waals surface area contributed by atoms with Crippen LogP contribution in [0.3, 0.4) is 0 Å². The first-order valence-electron chi connectivity index (χ1n) is 6.60. The third kappa shape index (κ3) is 4.06.